The topological polar surface area (TPSA) is 95.5 Å². The number of carbonyl (C=O) groups is 3. The van der Waals surface area contributed by atoms with Gasteiger partial charge in [0.2, 0.25) is 5.91 Å². The first-order valence-corrected chi connectivity index (χ1v) is 7.67. The molecule has 0 spiro atoms. The Balaban J connectivity index is 2.11. The standard InChI is InChI=1S/C14H20N2O4S/c1-10(4-5-13(18)19)6-7-15-12(17)9-16-14(20)11-3-2-8-21-11/h2-3,8,10H,4-7,9H2,1H3,(H,15,17)(H,16,20)(H,18,19). The van der Waals surface area contributed by atoms with E-state index in [1.54, 1.807) is 17.5 Å². The third-order valence-corrected chi connectivity index (χ3v) is 3.83. The molecule has 1 unspecified atom stereocenters. The molecule has 1 aromatic heterocycles. The van der Waals surface area contributed by atoms with Crippen LogP contribution in [0.2, 0.25) is 0 Å². The van der Waals surface area contributed by atoms with Gasteiger partial charge in [-0.15, -0.1) is 11.3 Å². The van der Waals surface area contributed by atoms with Crippen LogP contribution in [0.3, 0.4) is 0 Å². The van der Waals surface area contributed by atoms with E-state index in [4.69, 9.17) is 5.11 Å². The second-order valence-electron chi connectivity index (χ2n) is 4.84. The molecule has 7 heteroatoms. The molecule has 0 aliphatic heterocycles. The van der Waals surface area contributed by atoms with E-state index in [9.17, 15) is 14.4 Å². The van der Waals surface area contributed by atoms with Crippen LogP contribution in [0, 0.1) is 5.92 Å². The normalized spacial score (nSPS) is 11.7. The zero-order valence-corrected chi connectivity index (χ0v) is 12.7. The average molecular weight is 312 g/mol. The van der Waals surface area contributed by atoms with Crippen molar-refractivity contribution in [2.24, 2.45) is 5.92 Å². The summed E-state index contributed by atoms with van der Waals surface area (Å²) in [6, 6.07) is 3.47. The van der Waals surface area contributed by atoms with Crippen LogP contribution in [0.25, 0.3) is 0 Å². The van der Waals surface area contributed by atoms with Crippen molar-refractivity contribution >= 4 is 29.1 Å². The van der Waals surface area contributed by atoms with Gasteiger partial charge in [-0.1, -0.05) is 13.0 Å². The van der Waals surface area contributed by atoms with Gasteiger partial charge in [-0.05, 0) is 30.2 Å². The van der Waals surface area contributed by atoms with Crippen molar-refractivity contribution < 1.29 is 19.5 Å². The van der Waals surface area contributed by atoms with Crippen molar-refractivity contribution in [2.45, 2.75) is 26.2 Å². The molecule has 0 radical (unpaired) electrons. The van der Waals surface area contributed by atoms with Crippen LogP contribution in [0.15, 0.2) is 17.5 Å². The van der Waals surface area contributed by atoms with E-state index < -0.39 is 5.97 Å². The molecule has 0 saturated heterocycles. The second-order valence-corrected chi connectivity index (χ2v) is 5.78. The van der Waals surface area contributed by atoms with Gasteiger partial charge in [0.25, 0.3) is 5.91 Å². The van der Waals surface area contributed by atoms with Gasteiger partial charge in [0, 0.05) is 13.0 Å². The van der Waals surface area contributed by atoms with Gasteiger partial charge in [0.15, 0.2) is 0 Å². The van der Waals surface area contributed by atoms with E-state index in [-0.39, 0.29) is 30.7 Å². The van der Waals surface area contributed by atoms with Crippen LogP contribution in [0.1, 0.15) is 35.9 Å². The van der Waals surface area contributed by atoms with Crippen molar-refractivity contribution in [3.63, 3.8) is 0 Å². The number of hydrogen-bond donors (Lipinski definition) is 3. The number of amides is 2. The lowest BCUT2D eigenvalue weighted by Crippen LogP contribution is -2.37. The molecule has 0 bridgehead atoms. The number of thiophene rings is 1. The quantitative estimate of drug-likeness (QED) is 0.643. The summed E-state index contributed by atoms with van der Waals surface area (Å²) in [4.78, 5) is 34.2. The van der Waals surface area contributed by atoms with E-state index in [0.717, 1.165) is 6.42 Å². The molecule has 0 aromatic carbocycles. The molecule has 0 aliphatic carbocycles. The minimum absolute atomic E-state index is 0.0553. The predicted molar refractivity (Wildman–Crippen MR) is 80.3 cm³/mol. The zero-order valence-electron chi connectivity index (χ0n) is 11.9. The number of carbonyl (C=O) groups excluding carboxylic acids is 2. The molecule has 3 N–H and O–H groups in total. The van der Waals surface area contributed by atoms with E-state index >= 15 is 0 Å². The van der Waals surface area contributed by atoms with E-state index in [1.165, 1.54) is 11.3 Å². The molecule has 6 nitrogen and oxygen atoms in total. The molecule has 2 amide bonds. The Bertz CT molecular complexity index is 473. The summed E-state index contributed by atoms with van der Waals surface area (Å²) in [5.41, 5.74) is 0. The minimum Gasteiger partial charge on any atom is -0.481 e. The maximum absolute atomic E-state index is 11.6. The van der Waals surface area contributed by atoms with Crippen molar-refractivity contribution in [2.75, 3.05) is 13.1 Å². The van der Waals surface area contributed by atoms with Crippen molar-refractivity contribution in [1.82, 2.24) is 10.6 Å². The number of aliphatic carboxylic acids is 1. The molecule has 0 aliphatic rings. The van der Waals surface area contributed by atoms with Crippen LogP contribution < -0.4 is 10.6 Å². The Kier molecular flexibility index (Phi) is 7.45. The molecule has 1 rings (SSSR count). The zero-order chi connectivity index (χ0) is 15.7. The molecular weight excluding hydrogens is 292 g/mol. The molecule has 116 valence electrons. The number of rotatable bonds is 9. The average Bonchev–Trinajstić information content (AvgIpc) is 2.96. The van der Waals surface area contributed by atoms with Gasteiger partial charge >= 0.3 is 5.97 Å². The molecular formula is C14H20N2O4S. The third kappa shape index (κ3) is 7.45. The Morgan fingerprint density at radius 2 is 2.05 bits per heavy atom. The predicted octanol–water partition coefficient (Wildman–Crippen LogP) is 1.49. The van der Waals surface area contributed by atoms with Gasteiger partial charge in [-0.25, -0.2) is 0 Å². The van der Waals surface area contributed by atoms with E-state index in [2.05, 4.69) is 10.6 Å². The second kappa shape index (κ2) is 9.12. The first-order chi connectivity index (χ1) is 9.99. The Labute approximate surface area is 127 Å². The lowest BCUT2D eigenvalue weighted by molar-refractivity contribution is -0.137. The van der Waals surface area contributed by atoms with Crippen molar-refractivity contribution in [3.05, 3.63) is 22.4 Å². The highest BCUT2D eigenvalue weighted by atomic mass is 32.1. The van der Waals surface area contributed by atoms with Crippen LogP contribution in [0.5, 0.6) is 0 Å². The minimum atomic E-state index is -0.804. The maximum Gasteiger partial charge on any atom is 0.303 e. The first kappa shape index (κ1) is 17.2. The first-order valence-electron chi connectivity index (χ1n) is 6.79. The highest BCUT2D eigenvalue weighted by molar-refractivity contribution is 7.12. The summed E-state index contributed by atoms with van der Waals surface area (Å²) in [6.45, 7) is 2.38. The summed E-state index contributed by atoms with van der Waals surface area (Å²) in [5.74, 6) is -1.07. The number of carboxylic acid groups (broad SMARTS) is 1. The molecule has 0 fully saturated rings. The summed E-state index contributed by atoms with van der Waals surface area (Å²) in [7, 11) is 0. The smallest absolute Gasteiger partial charge is 0.303 e. The van der Waals surface area contributed by atoms with Gasteiger partial charge in [0.05, 0.1) is 11.4 Å². The number of hydrogen-bond acceptors (Lipinski definition) is 4. The molecule has 1 atom stereocenters. The summed E-state index contributed by atoms with van der Waals surface area (Å²) in [5, 5.41) is 15.6. The fourth-order valence-corrected chi connectivity index (χ4v) is 2.33. The largest absolute Gasteiger partial charge is 0.481 e. The number of nitrogens with one attached hydrogen (secondary N) is 2. The molecule has 1 heterocycles. The summed E-state index contributed by atoms with van der Waals surface area (Å²) < 4.78 is 0. The van der Waals surface area contributed by atoms with Crippen molar-refractivity contribution in [1.29, 1.82) is 0 Å². The monoisotopic (exact) mass is 312 g/mol. The van der Waals surface area contributed by atoms with Crippen LogP contribution in [0.4, 0.5) is 0 Å². The van der Waals surface area contributed by atoms with E-state index in [0.29, 0.717) is 17.8 Å². The summed E-state index contributed by atoms with van der Waals surface area (Å²) in [6.07, 6.45) is 1.46. The lowest BCUT2D eigenvalue weighted by Gasteiger charge is -2.11. The van der Waals surface area contributed by atoms with Crippen LogP contribution in [-0.4, -0.2) is 36.0 Å². The Morgan fingerprint density at radius 1 is 1.29 bits per heavy atom. The van der Waals surface area contributed by atoms with Gasteiger partial charge in [-0.2, -0.15) is 0 Å². The third-order valence-electron chi connectivity index (χ3n) is 2.96. The molecule has 0 saturated carbocycles. The SMILES string of the molecule is CC(CCNC(=O)CNC(=O)c1cccs1)CCC(=O)O. The Morgan fingerprint density at radius 3 is 2.67 bits per heavy atom. The highest BCUT2D eigenvalue weighted by Gasteiger charge is 2.09. The van der Waals surface area contributed by atoms with E-state index in [1.807, 2.05) is 6.92 Å². The number of carboxylic acids is 1. The van der Waals surface area contributed by atoms with Crippen molar-refractivity contribution in [3.8, 4) is 0 Å². The van der Waals surface area contributed by atoms with Gasteiger partial charge in [0.1, 0.15) is 0 Å². The molecule has 1 aromatic rings. The van der Waals surface area contributed by atoms with Crippen LogP contribution in [-0.2, 0) is 9.59 Å². The fraction of sp³-hybridized carbons (Fsp3) is 0.500. The summed E-state index contributed by atoms with van der Waals surface area (Å²) >= 11 is 1.32. The maximum atomic E-state index is 11.6. The fourth-order valence-electron chi connectivity index (χ4n) is 1.69. The Hall–Kier alpha value is -1.89. The van der Waals surface area contributed by atoms with Gasteiger partial charge in [-0.3, -0.25) is 14.4 Å². The highest BCUT2D eigenvalue weighted by Crippen LogP contribution is 2.09. The van der Waals surface area contributed by atoms with Crippen LogP contribution >= 0.6 is 11.3 Å². The molecule has 21 heavy (non-hydrogen) atoms. The lowest BCUT2D eigenvalue weighted by atomic mass is 10.0. The van der Waals surface area contributed by atoms with Gasteiger partial charge < -0.3 is 15.7 Å².